The van der Waals surface area contributed by atoms with E-state index in [1.165, 1.54) is 35.6 Å². The molecular formula is C22H21FN2O3S. The van der Waals surface area contributed by atoms with Gasteiger partial charge in [0.05, 0.1) is 25.5 Å². The van der Waals surface area contributed by atoms with Crippen LogP contribution in [-0.4, -0.2) is 37.3 Å². The van der Waals surface area contributed by atoms with Gasteiger partial charge in [-0.3, -0.25) is 9.69 Å². The molecule has 1 aliphatic heterocycles. The van der Waals surface area contributed by atoms with Crippen molar-refractivity contribution in [3.63, 3.8) is 0 Å². The Labute approximate surface area is 172 Å². The van der Waals surface area contributed by atoms with E-state index >= 15 is 0 Å². The fourth-order valence-electron chi connectivity index (χ4n) is 3.27. The molecule has 0 radical (unpaired) electrons. The number of carbonyl (C=O) groups excluding carboxylic acids is 1. The first-order chi connectivity index (χ1) is 14.1. The molecular weight excluding hydrogens is 391 g/mol. The molecule has 3 aromatic rings. The maximum absolute atomic E-state index is 13.3. The van der Waals surface area contributed by atoms with E-state index in [1.54, 1.807) is 12.0 Å². The molecule has 2 heterocycles. The predicted molar refractivity (Wildman–Crippen MR) is 111 cm³/mol. The molecule has 29 heavy (non-hydrogen) atoms. The monoisotopic (exact) mass is 412 g/mol. The van der Waals surface area contributed by atoms with Gasteiger partial charge < -0.3 is 9.47 Å². The van der Waals surface area contributed by atoms with Gasteiger partial charge in [0.25, 0.3) is 5.91 Å². The summed E-state index contributed by atoms with van der Waals surface area (Å²) in [5, 5.41) is 2.53. The van der Waals surface area contributed by atoms with E-state index in [9.17, 15) is 9.18 Å². The maximum atomic E-state index is 13.3. The summed E-state index contributed by atoms with van der Waals surface area (Å²) in [5.41, 5.74) is 2.15. The molecule has 1 saturated heterocycles. The van der Waals surface area contributed by atoms with Gasteiger partial charge in [-0.1, -0.05) is 0 Å². The number of halogens is 1. The number of aromatic nitrogens is 1. The number of hydrogen-bond acceptors (Lipinski definition) is 5. The van der Waals surface area contributed by atoms with Crippen molar-refractivity contribution in [3.05, 3.63) is 65.3 Å². The first kappa shape index (κ1) is 19.5. The highest BCUT2D eigenvalue weighted by molar-refractivity contribution is 7.14. The molecule has 1 aromatic heterocycles. The van der Waals surface area contributed by atoms with Gasteiger partial charge in [-0.15, -0.1) is 11.3 Å². The van der Waals surface area contributed by atoms with Crippen molar-refractivity contribution in [3.8, 4) is 17.0 Å². The topological polar surface area (TPSA) is 51.7 Å². The second-order valence-corrected chi connectivity index (χ2v) is 7.64. The van der Waals surface area contributed by atoms with Crippen LogP contribution in [0.25, 0.3) is 11.3 Å². The van der Waals surface area contributed by atoms with E-state index in [1.807, 2.05) is 29.6 Å². The van der Waals surface area contributed by atoms with Gasteiger partial charge in [-0.2, -0.15) is 0 Å². The Morgan fingerprint density at radius 3 is 2.66 bits per heavy atom. The van der Waals surface area contributed by atoms with Crippen LogP contribution in [0.3, 0.4) is 0 Å². The minimum atomic E-state index is -0.372. The number of hydrogen-bond donors (Lipinski definition) is 0. The average molecular weight is 412 g/mol. The first-order valence-electron chi connectivity index (χ1n) is 9.43. The van der Waals surface area contributed by atoms with Crippen LogP contribution in [0.4, 0.5) is 9.52 Å². The summed E-state index contributed by atoms with van der Waals surface area (Å²) in [6.07, 6.45) is 1.87. The van der Waals surface area contributed by atoms with Crippen molar-refractivity contribution < 1.29 is 18.7 Å². The van der Waals surface area contributed by atoms with Crippen molar-refractivity contribution in [1.82, 2.24) is 4.98 Å². The number of nitrogens with zero attached hydrogens (tertiary/aromatic N) is 2. The van der Waals surface area contributed by atoms with E-state index < -0.39 is 0 Å². The smallest absolute Gasteiger partial charge is 0.260 e. The summed E-state index contributed by atoms with van der Waals surface area (Å²) in [6.45, 7) is 1.13. The molecule has 150 valence electrons. The summed E-state index contributed by atoms with van der Waals surface area (Å²) in [6, 6.07) is 13.2. The van der Waals surface area contributed by atoms with Gasteiger partial charge in [-0.05, 0) is 61.4 Å². The van der Waals surface area contributed by atoms with Crippen LogP contribution in [0, 0.1) is 5.82 Å². The highest BCUT2D eigenvalue weighted by Gasteiger charge is 2.27. The third kappa shape index (κ3) is 4.46. The Kier molecular flexibility index (Phi) is 5.87. The number of methoxy groups -OCH3 is 1. The van der Waals surface area contributed by atoms with Gasteiger partial charge in [0.2, 0.25) is 0 Å². The number of thiazole rings is 1. The highest BCUT2D eigenvalue weighted by atomic mass is 32.1. The van der Waals surface area contributed by atoms with E-state index in [0.717, 1.165) is 29.8 Å². The Balaban J connectivity index is 1.62. The van der Waals surface area contributed by atoms with Crippen LogP contribution in [0.1, 0.15) is 23.2 Å². The Bertz CT molecular complexity index is 966. The second kappa shape index (κ2) is 8.71. The van der Waals surface area contributed by atoms with Crippen molar-refractivity contribution in [2.75, 3.05) is 25.2 Å². The van der Waals surface area contributed by atoms with E-state index in [-0.39, 0.29) is 17.8 Å². The fourth-order valence-corrected chi connectivity index (χ4v) is 4.11. The zero-order valence-corrected chi connectivity index (χ0v) is 16.8. The van der Waals surface area contributed by atoms with E-state index in [2.05, 4.69) is 0 Å². The van der Waals surface area contributed by atoms with E-state index in [4.69, 9.17) is 14.5 Å². The predicted octanol–water partition coefficient (Wildman–Crippen LogP) is 4.78. The molecule has 1 aliphatic rings. The third-order valence-electron chi connectivity index (χ3n) is 4.86. The minimum Gasteiger partial charge on any atom is -0.497 e. The standard InChI is InChI=1S/C22H21FN2O3S/c1-27-18-10-6-15(7-11-18)20-14-29-22(24-20)25(13-19-3-2-12-28-19)21(26)16-4-8-17(23)9-5-16/h4-11,14,19H,2-3,12-13H2,1H3/t19-/m1/s1. The molecule has 1 fully saturated rings. The van der Waals surface area contributed by atoms with Crippen molar-refractivity contribution in [2.24, 2.45) is 0 Å². The average Bonchev–Trinajstić information content (AvgIpc) is 3.44. The number of ether oxygens (including phenoxy) is 2. The summed E-state index contributed by atoms with van der Waals surface area (Å²) >= 11 is 1.41. The Hall–Kier alpha value is -2.77. The maximum Gasteiger partial charge on any atom is 0.260 e. The number of anilines is 1. The lowest BCUT2D eigenvalue weighted by Gasteiger charge is -2.23. The van der Waals surface area contributed by atoms with Gasteiger partial charge in [0.1, 0.15) is 11.6 Å². The lowest BCUT2D eigenvalue weighted by atomic mass is 10.1. The van der Waals surface area contributed by atoms with Gasteiger partial charge in [0, 0.05) is 23.1 Å². The summed E-state index contributed by atoms with van der Waals surface area (Å²) in [5.74, 6) is 0.190. The van der Waals surface area contributed by atoms with Crippen LogP contribution in [0.15, 0.2) is 53.9 Å². The quantitative estimate of drug-likeness (QED) is 0.585. The molecule has 0 aliphatic carbocycles. The lowest BCUT2D eigenvalue weighted by molar-refractivity contribution is 0.0917. The fraction of sp³-hybridized carbons (Fsp3) is 0.273. The number of amides is 1. The second-order valence-electron chi connectivity index (χ2n) is 6.80. The van der Waals surface area contributed by atoms with Crippen LogP contribution in [0.5, 0.6) is 5.75 Å². The molecule has 1 atom stereocenters. The van der Waals surface area contributed by atoms with Gasteiger partial charge >= 0.3 is 0 Å². The molecule has 4 rings (SSSR count). The van der Waals surface area contributed by atoms with Crippen LogP contribution < -0.4 is 9.64 Å². The van der Waals surface area contributed by atoms with Crippen molar-refractivity contribution >= 4 is 22.4 Å². The molecule has 0 N–H and O–H groups in total. The largest absolute Gasteiger partial charge is 0.497 e. The van der Waals surface area contributed by atoms with Crippen LogP contribution in [-0.2, 0) is 4.74 Å². The molecule has 5 nitrogen and oxygen atoms in total. The normalized spacial score (nSPS) is 16.0. The van der Waals surface area contributed by atoms with Crippen molar-refractivity contribution in [2.45, 2.75) is 18.9 Å². The summed E-state index contributed by atoms with van der Waals surface area (Å²) in [4.78, 5) is 19.5. The summed E-state index contributed by atoms with van der Waals surface area (Å²) in [7, 11) is 1.62. The number of benzene rings is 2. The third-order valence-corrected chi connectivity index (χ3v) is 5.72. The Morgan fingerprint density at radius 2 is 2.00 bits per heavy atom. The Morgan fingerprint density at radius 1 is 1.24 bits per heavy atom. The molecule has 1 amide bonds. The van der Waals surface area contributed by atoms with E-state index in [0.29, 0.717) is 23.8 Å². The molecule has 7 heteroatoms. The number of rotatable bonds is 6. The first-order valence-corrected chi connectivity index (χ1v) is 10.3. The molecule has 0 spiro atoms. The SMILES string of the molecule is COc1ccc(-c2csc(N(C[C@H]3CCCO3)C(=O)c3ccc(F)cc3)n2)cc1. The summed E-state index contributed by atoms with van der Waals surface area (Å²) < 4.78 is 24.2. The molecule has 0 bridgehead atoms. The molecule has 2 aromatic carbocycles. The zero-order valence-electron chi connectivity index (χ0n) is 16.0. The zero-order chi connectivity index (χ0) is 20.2. The van der Waals surface area contributed by atoms with Crippen molar-refractivity contribution in [1.29, 1.82) is 0 Å². The van der Waals surface area contributed by atoms with Crippen LogP contribution >= 0.6 is 11.3 Å². The minimum absolute atomic E-state index is 0.0206. The number of carbonyl (C=O) groups is 1. The lowest BCUT2D eigenvalue weighted by Crippen LogP contribution is -2.37. The molecule has 0 saturated carbocycles. The molecule has 0 unspecified atom stereocenters. The van der Waals surface area contributed by atoms with Crippen LogP contribution in [0.2, 0.25) is 0 Å². The van der Waals surface area contributed by atoms with Gasteiger partial charge in [-0.25, -0.2) is 9.37 Å². The highest BCUT2D eigenvalue weighted by Crippen LogP contribution is 2.30. The van der Waals surface area contributed by atoms with Gasteiger partial charge in [0.15, 0.2) is 5.13 Å².